The smallest absolute Gasteiger partial charge is 0.370 e. The maximum atomic E-state index is 12.7. The summed E-state index contributed by atoms with van der Waals surface area (Å²) in [6.45, 7) is -0.178. The predicted octanol–water partition coefficient (Wildman–Crippen LogP) is 1.71. The maximum Gasteiger partial charge on any atom is 0.418 e. The molecule has 8 heteroatoms. The second-order valence-corrected chi connectivity index (χ2v) is 5.63. The summed E-state index contributed by atoms with van der Waals surface area (Å²) in [4.78, 5) is -0.346. The first-order valence-electron chi connectivity index (χ1n) is 4.65. The third-order valence-corrected chi connectivity index (χ3v) is 4.34. The van der Waals surface area contributed by atoms with Crippen LogP contribution in [-0.2, 0) is 16.2 Å². The normalized spacial score (nSPS) is 19.5. The van der Waals surface area contributed by atoms with Gasteiger partial charge in [0.05, 0.1) is 17.9 Å². The molecule has 1 aromatic rings. The highest BCUT2D eigenvalue weighted by molar-refractivity contribution is 7.89. The van der Waals surface area contributed by atoms with Crippen LogP contribution in [0.4, 0.5) is 18.9 Å². The second kappa shape index (κ2) is 3.61. The second-order valence-electron chi connectivity index (χ2n) is 3.61. The van der Waals surface area contributed by atoms with E-state index in [1.165, 1.54) is 7.05 Å². The topological polar surface area (TPSA) is 49.4 Å². The van der Waals surface area contributed by atoms with Crippen molar-refractivity contribution in [2.24, 2.45) is 0 Å². The van der Waals surface area contributed by atoms with Gasteiger partial charge in [0, 0.05) is 7.05 Å². The molecule has 0 saturated heterocycles. The van der Waals surface area contributed by atoms with Gasteiger partial charge in [-0.3, -0.25) is 0 Å². The van der Waals surface area contributed by atoms with Crippen molar-refractivity contribution in [1.82, 2.24) is 4.31 Å². The molecule has 0 aromatic heterocycles. The largest absolute Gasteiger partial charge is 0.418 e. The molecule has 0 bridgehead atoms. The molecule has 1 heterocycles. The number of alkyl halides is 3. The lowest BCUT2D eigenvalue weighted by Gasteiger charge is -2.28. The molecule has 0 unspecified atom stereocenters. The molecule has 94 valence electrons. The minimum atomic E-state index is -4.58. The Morgan fingerprint density at radius 3 is 2.59 bits per heavy atom. The van der Waals surface area contributed by atoms with Gasteiger partial charge in [-0.05, 0) is 12.1 Å². The van der Waals surface area contributed by atoms with E-state index in [4.69, 9.17) is 0 Å². The number of nitrogens with one attached hydrogen (secondary N) is 1. The van der Waals surface area contributed by atoms with Crippen molar-refractivity contribution in [1.29, 1.82) is 0 Å². The Labute approximate surface area is 96.1 Å². The van der Waals surface area contributed by atoms with Crippen LogP contribution in [0.2, 0.25) is 0 Å². The van der Waals surface area contributed by atoms with E-state index in [0.717, 1.165) is 22.5 Å². The van der Waals surface area contributed by atoms with E-state index in [9.17, 15) is 21.6 Å². The predicted molar refractivity (Wildman–Crippen MR) is 54.9 cm³/mol. The number of benzene rings is 1. The number of anilines is 1. The van der Waals surface area contributed by atoms with Gasteiger partial charge in [0.1, 0.15) is 4.90 Å². The Morgan fingerprint density at radius 1 is 1.35 bits per heavy atom. The average Bonchev–Trinajstić information content (AvgIpc) is 2.22. The van der Waals surface area contributed by atoms with Crippen LogP contribution in [0.3, 0.4) is 0 Å². The number of nitrogens with zero attached hydrogens (tertiary/aromatic N) is 1. The summed E-state index contributed by atoms with van der Waals surface area (Å²) in [7, 11) is -2.54. The molecule has 0 spiro atoms. The van der Waals surface area contributed by atoms with Gasteiger partial charge < -0.3 is 5.32 Å². The van der Waals surface area contributed by atoms with E-state index in [-0.39, 0.29) is 17.3 Å². The third-order valence-electron chi connectivity index (χ3n) is 2.50. The summed E-state index contributed by atoms with van der Waals surface area (Å²) in [6.07, 6.45) is -4.58. The highest BCUT2D eigenvalue weighted by Crippen LogP contribution is 2.40. The van der Waals surface area contributed by atoms with Crippen LogP contribution in [-0.4, -0.2) is 26.4 Å². The van der Waals surface area contributed by atoms with E-state index >= 15 is 0 Å². The number of sulfonamides is 1. The van der Waals surface area contributed by atoms with Gasteiger partial charge in [-0.25, -0.2) is 8.42 Å². The van der Waals surface area contributed by atoms with E-state index < -0.39 is 21.8 Å². The van der Waals surface area contributed by atoms with Crippen LogP contribution in [0.1, 0.15) is 5.56 Å². The zero-order valence-electron chi connectivity index (χ0n) is 8.75. The molecule has 0 amide bonds. The molecule has 1 aliphatic heterocycles. The van der Waals surface area contributed by atoms with Crippen molar-refractivity contribution in [2.45, 2.75) is 11.1 Å². The summed E-state index contributed by atoms with van der Waals surface area (Å²) in [5, 5.41) is 2.47. The van der Waals surface area contributed by atoms with Crippen LogP contribution in [0.5, 0.6) is 0 Å². The Kier molecular flexibility index (Phi) is 2.58. The van der Waals surface area contributed by atoms with Crippen molar-refractivity contribution in [3.05, 3.63) is 23.8 Å². The van der Waals surface area contributed by atoms with Crippen LogP contribution < -0.4 is 5.32 Å². The van der Waals surface area contributed by atoms with Crippen molar-refractivity contribution in [3.8, 4) is 0 Å². The minimum absolute atomic E-state index is 0.178. The van der Waals surface area contributed by atoms with Crippen molar-refractivity contribution in [3.63, 3.8) is 0 Å². The van der Waals surface area contributed by atoms with Gasteiger partial charge in [0.2, 0.25) is 10.0 Å². The first-order chi connectivity index (χ1) is 7.74. The molecule has 4 nitrogen and oxygen atoms in total. The molecule has 1 aliphatic rings. The fourth-order valence-electron chi connectivity index (χ4n) is 1.61. The number of hydrogen-bond donors (Lipinski definition) is 1. The molecule has 2 rings (SSSR count). The lowest BCUT2D eigenvalue weighted by molar-refractivity contribution is -0.137. The Balaban J connectivity index is 2.71. The van der Waals surface area contributed by atoms with Gasteiger partial charge in [0.25, 0.3) is 0 Å². The average molecular weight is 266 g/mol. The van der Waals surface area contributed by atoms with Gasteiger partial charge in [-0.1, -0.05) is 6.07 Å². The first-order valence-corrected chi connectivity index (χ1v) is 6.09. The molecular weight excluding hydrogens is 257 g/mol. The van der Waals surface area contributed by atoms with Crippen LogP contribution in [0.25, 0.3) is 0 Å². The van der Waals surface area contributed by atoms with Crippen LogP contribution in [0.15, 0.2) is 23.1 Å². The summed E-state index contributed by atoms with van der Waals surface area (Å²) in [5.41, 5.74) is -1.34. The van der Waals surface area contributed by atoms with Gasteiger partial charge in [-0.2, -0.15) is 17.5 Å². The molecule has 0 atom stereocenters. The Bertz CT molecular complexity index is 554. The van der Waals surface area contributed by atoms with Crippen molar-refractivity contribution >= 4 is 15.7 Å². The van der Waals surface area contributed by atoms with Crippen LogP contribution in [0, 0.1) is 0 Å². The van der Waals surface area contributed by atoms with E-state index in [1.807, 2.05) is 0 Å². The summed E-state index contributed by atoms with van der Waals surface area (Å²) in [5.74, 6) is 0. The maximum absolute atomic E-state index is 12.7. The number of halogens is 3. The molecule has 1 N–H and O–H groups in total. The lowest BCUT2D eigenvalue weighted by Crippen LogP contribution is -2.37. The summed E-state index contributed by atoms with van der Waals surface area (Å²) >= 11 is 0. The monoisotopic (exact) mass is 266 g/mol. The molecule has 0 saturated carbocycles. The molecule has 0 radical (unpaired) electrons. The quantitative estimate of drug-likeness (QED) is 0.777. The number of para-hydroxylation sites is 1. The minimum Gasteiger partial charge on any atom is -0.370 e. The van der Waals surface area contributed by atoms with Crippen molar-refractivity contribution in [2.75, 3.05) is 19.0 Å². The van der Waals surface area contributed by atoms with E-state index in [0.29, 0.717) is 0 Å². The standard InChI is InChI=1S/C9H9F3N2O2S/c1-14-5-13-8-6(9(10,11)12)3-2-4-7(8)17(14,15)16/h2-4,13H,5H2,1H3. The van der Waals surface area contributed by atoms with Gasteiger partial charge in [0.15, 0.2) is 0 Å². The lowest BCUT2D eigenvalue weighted by atomic mass is 10.1. The summed E-state index contributed by atoms with van der Waals surface area (Å²) in [6, 6.07) is 3.09. The zero-order valence-corrected chi connectivity index (χ0v) is 9.56. The van der Waals surface area contributed by atoms with Crippen molar-refractivity contribution < 1.29 is 21.6 Å². The number of fused-ring (bicyclic) bond motifs is 1. The number of rotatable bonds is 0. The molecule has 1 aromatic carbocycles. The Morgan fingerprint density at radius 2 is 2.00 bits per heavy atom. The molecule has 0 aliphatic carbocycles. The van der Waals surface area contributed by atoms with E-state index in [2.05, 4.69) is 5.32 Å². The highest BCUT2D eigenvalue weighted by atomic mass is 32.2. The zero-order chi connectivity index (χ0) is 12.8. The van der Waals surface area contributed by atoms with E-state index in [1.54, 1.807) is 0 Å². The molecule has 0 fully saturated rings. The van der Waals surface area contributed by atoms with Gasteiger partial charge in [-0.15, -0.1) is 0 Å². The SMILES string of the molecule is CN1CNc2c(C(F)(F)F)cccc2S1(=O)=O. The number of hydrogen-bond acceptors (Lipinski definition) is 3. The molecular formula is C9H9F3N2O2S. The fourth-order valence-corrected chi connectivity index (χ4v) is 2.87. The third kappa shape index (κ3) is 1.87. The highest BCUT2D eigenvalue weighted by Gasteiger charge is 2.39. The summed E-state index contributed by atoms with van der Waals surface area (Å²) < 4.78 is 62.6. The van der Waals surface area contributed by atoms with Gasteiger partial charge >= 0.3 is 6.18 Å². The Hall–Kier alpha value is -1.28. The van der Waals surface area contributed by atoms with Crippen LogP contribution >= 0.6 is 0 Å². The molecule has 17 heavy (non-hydrogen) atoms. The first kappa shape index (κ1) is 12.2. The fraction of sp³-hybridized carbons (Fsp3) is 0.333.